The molecule has 5 nitrogen and oxygen atoms in total. The SMILES string of the molecule is COC(=O)N(c1ccc(O)cc1)C1(O)CCCCC1. The number of hydrogen-bond acceptors (Lipinski definition) is 4. The summed E-state index contributed by atoms with van der Waals surface area (Å²) in [6, 6.07) is 6.16. The van der Waals surface area contributed by atoms with Crippen LogP contribution in [-0.2, 0) is 4.74 Å². The summed E-state index contributed by atoms with van der Waals surface area (Å²) in [5.41, 5.74) is -0.684. The molecule has 2 rings (SSSR count). The Labute approximate surface area is 112 Å². The summed E-state index contributed by atoms with van der Waals surface area (Å²) in [7, 11) is 1.29. The zero-order chi connectivity index (χ0) is 13.9. The number of rotatable bonds is 2. The normalized spacial score (nSPS) is 17.8. The van der Waals surface area contributed by atoms with Crippen molar-refractivity contribution in [3.05, 3.63) is 24.3 Å². The van der Waals surface area contributed by atoms with Crippen LogP contribution in [0.1, 0.15) is 32.1 Å². The molecule has 0 atom stereocenters. The van der Waals surface area contributed by atoms with Crippen molar-refractivity contribution in [2.45, 2.75) is 37.8 Å². The minimum absolute atomic E-state index is 0.115. The van der Waals surface area contributed by atoms with E-state index >= 15 is 0 Å². The molecule has 1 amide bonds. The first-order valence-corrected chi connectivity index (χ1v) is 6.46. The lowest BCUT2D eigenvalue weighted by Gasteiger charge is -2.41. The van der Waals surface area contributed by atoms with Crippen LogP contribution in [0.5, 0.6) is 5.75 Å². The van der Waals surface area contributed by atoms with E-state index in [0.717, 1.165) is 19.3 Å². The number of amides is 1. The topological polar surface area (TPSA) is 70.0 Å². The number of phenolic OH excluding ortho intramolecular Hbond substituents is 1. The van der Waals surface area contributed by atoms with E-state index in [4.69, 9.17) is 4.74 Å². The third kappa shape index (κ3) is 2.81. The van der Waals surface area contributed by atoms with Crippen LogP contribution in [0.3, 0.4) is 0 Å². The van der Waals surface area contributed by atoms with Gasteiger partial charge in [0, 0.05) is 0 Å². The van der Waals surface area contributed by atoms with Crippen LogP contribution < -0.4 is 4.90 Å². The molecule has 0 spiro atoms. The van der Waals surface area contributed by atoms with Crippen LogP contribution in [-0.4, -0.2) is 29.1 Å². The number of ether oxygens (including phenoxy) is 1. The van der Waals surface area contributed by atoms with Gasteiger partial charge in [0.25, 0.3) is 0 Å². The molecule has 0 heterocycles. The molecule has 2 N–H and O–H groups in total. The predicted molar refractivity (Wildman–Crippen MR) is 71.0 cm³/mol. The van der Waals surface area contributed by atoms with E-state index < -0.39 is 11.8 Å². The number of carbonyl (C=O) groups excluding carboxylic acids is 1. The van der Waals surface area contributed by atoms with Crippen LogP contribution in [0.15, 0.2) is 24.3 Å². The summed E-state index contributed by atoms with van der Waals surface area (Å²) >= 11 is 0. The summed E-state index contributed by atoms with van der Waals surface area (Å²) in [6.07, 6.45) is 3.29. The quantitative estimate of drug-likeness (QED) is 0.806. The van der Waals surface area contributed by atoms with Gasteiger partial charge in [-0.05, 0) is 49.9 Å². The smallest absolute Gasteiger partial charge is 0.416 e. The number of aromatic hydroxyl groups is 1. The summed E-state index contributed by atoms with van der Waals surface area (Å²) < 4.78 is 4.78. The monoisotopic (exact) mass is 265 g/mol. The lowest BCUT2D eigenvalue weighted by atomic mass is 9.90. The van der Waals surface area contributed by atoms with Gasteiger partial charge in [-0.3, -0.25) is 0 Å². The molecule has 1 aliphatic rings. The third-order valence-electron chi connectivity index (χ3n) is 3.54. The molecular weight excluding hydrogens is 246 g/mol. The minimum Gasteiger partial charge on any atom is -0.508 e. The highest BCUT2D eigenvalue weighted by molar-refractivity contribution is 5.89. The van der Waals surface area contributed by atoms with Gasteiger partial charge in [0.15, 0.2) is 0 Å². The average Bonchev–Trinajstić information content (AvgIpc) is 2.41. The zero-order valence-electron chi connectivity index (χ0n) is 11.0. The highest BCUT2D eigenvalue weighted by atomic mass is 16.5. The summed E-state index contributed by atoms with van der Waals surface area (Å²) in [5.74, 6) is 0.115. The Bertz CT molecular complexity index is 437. The van der Waals surface area contributed by atoms with Crippen molar-refractivity contribution in [1.82, 2.24) is 0 Å². The Balaban J connectivity index is 2.35. The largest absolute Gasteiger partial charge is 0.508 e. The summed E-state index contributed by atoms with van der Waals surface area (Å²) in [6.45, 7) is 0. The van der Waals surface area contributed by atoms with Crippen molar-refractivity contribution >= 4 is 11.8 Å². The second kappa shape index (κ2) is 5.48. The molecule has 1 aliphatic carbocycles. The van der Waals surface area contributed by atoms with Gasteiger partial charge in [0.05, 0.1) is 12.8 Å². The molecule has 1 saturated carbocycles. The molecule has 1 aromatic rings. The maximum atomic E-state index is 12.0. The van der Waals surface area contributed by atoms with Crippen molar-refractivity contribution < 1.29 is 19.7 Å². The first-order valence-electron chi connectivity index (χ1n) is 6.46. The molecule has 0 unspecified atom stereocenters. The Hall–Kier alpha value is -1.75. The van der Waals surface area contributed by atoms with E-state index in [1.165, 1.54) is 24.1 Å². The molecule has 0 saturated heterocycles. The van der Waals surface area contributed by atoms with Crippen LogP contribution in [0.25, 0.3) is 0 Å². The number of anilines is 1. The van der Waals surface area contributed by atoms with Gasteiger partial charge >= 0.3 is 6.09 Å². The van der Waals surface area contributed by atoms with Gasteiger partial charge in [-0.25, -0.2) is 9.69 Å². The van der Waals surface area contributed by atoms with E-state index in [2.05, 4.69) is 0 Å². The Morgan fingerprint density at radius 1 is 1.21 bits per heavy atom. The number of aliphatic hydroxyl groups is 1. The fraction of sp³-hybridized carbons (Fsp3) is 0.500. The molecule has 0 aliphatic heterocycles. The van der Waals surface area contributed by atoms with Crippen LogP contribution in [0.2, 0.25) is 0 Å². The Morgan fingerprint density at radius 3 is 2.32 bits per heavy atom. The standard InChI is InChI=1S/C14H19NO4/c1-19-13(17)15(11-5-7-12(16)8-6-11)14(18)9-3-2-4-10-14/h5-8,16,18H,2-4,9-10H2,1H3. The van der Waals surface area contributed by atoms with E-state index in [0.29, 0.717) is 18.5 Å². The van der Waals surface area contributed by atoms with Gasteiger partial charge in [-0.1, -0.05) is 6.42 Å². The number of hydrogen-bond donors (Lipinski definition) is 2. The van der Waals surface area contributed by atoms with E-state index in [1.807, 2.05) is 0 Å². The van der Waals surface area contributed by atoms with Crippen molar-refractivity contribution in [2.75, 3.05) is 12.0 Å². The third-order valence-corrected chi connectivity index (χ3v) is 3.54. The zero-order valence-corrected chi connectivity index (χ0v) is 11.0. The van der Waals surface area contributed by atoms with E-state index in [9.17, 15) is 15.0 Å². The molecule has 0 aromatic heterocycles. The average molecular weight is 265 g/mol. The number of nitrogens with zero attached hydrogens (tertiary/aromatic N) is 1. The Morgan fingerprint density at radius 2 is 1.79 bits per heavy atom. The molecule has 0 bridgehead atoms. The highest BCUT2D eigenvalue weighted by Gasteiger charge is 2.40. The molecule has 1 fully saturated rings. The molecule has 104 valence electrons. The van der Waals surface area contributed by atoms with Crippen molar-refractivity contribution in [2.24, 2.45) is 0 Å². The summed E-state index contributed by atoms with van der Waals surface area (Å²) in [4.78, 5) is 13.3. The van der Waals surface area contributed by atoms with E-state index in [-0.39, 0.29) is 5.75 Å². The number of benzene rings is 1. The first-order chi connectivity index (χ1) is 9.07. The molecule has 0 radical (unpaired) electrons. The number of phenols is 1. The molecule has 19 heavy (non-hydrogen) atoms. The number of carbonyl (C=O) groups is 1. The summed E-state index contributed by atoms with van der Waals surface area (Å²) in [5, 5.41) is 20.0. The lowest BCUT2D eigenvalue weighted by molar-refractivity contribution is 0.00177. The van der Waals surface area contributed by atoms with Gasteiger partial charge in [0.2, 0.25) is 0 Å². The predicted octanol–water partition coefficient (Wildman–Crippen LogP) is 2.62. The first kappa shape index (κ1) is 13.7. The van der Waals surface area contributed by atoms with Gasteiger partial charge in [0.1, 0.15) is 11.5 Å². The minimum atomic E-state index is -1.21. The van der Waals surface area contributed by atoms with Crippen molar-refractivity contribution in [3.63, 3.8) is 0 Å². The second-order valence-electron chi connectivity index (χ2n) is 4.86. The molecular formula is C14H19NO4. The van der Waals surface area contributed by atoms with Crippen molar-refractivity contribution in [1.29, 1.82) is 0 Å². The Kier molecular flexibility index (Phi) is 3.95. The van der Waals surface area contributed by atoms with Gasteiger partial charge in [-0.15, -0.1) is 0 Å². The maximum absolute atomic E-state index is 12.0. The fourth-order valence-electron chi connectivity index (χ4n) is 2.55. The second-order valence-corrected chi connectivity index (χ2v) is 4.86. The molecule has 1 aromatic carbocycles. The van der Waals surface area contributed by atoms with Gasteiger partial charge < -0.3 is 14.9 Å². The maximum Gasteiger partial charge on any atom is 0.416 e. The lowest BCUT2D eigenvalue weighted by Crippen LogP contribution is -2.53. The van der Waals surface area contributed by atoms with Crippen LogP contribution >= 0.6 is 0 Å². The van der Waals surface area contributed by atoms with Crippen LogP contribution in [0.4, 0.5) is 10.5 Å². The highest BCUT2D eigenvalue weighted by Crippen LogP contribution is 2.35. The van der Waals surface area contributed by atoms with E-state index in [1.54, 1.807) is 12.1 Å². The fourth-order valence-corrected chi connectivity index (χ4v) is 2.55. The number of methoxy groups -OCH3 is 1. The van der Waals surface area contributed by atoms with Gasteiger partial charge in [-0.2, -0.15) is 0 Å². The molecule has 5 heteroatoms. The van der Waals surface area contributed by atoms with Crippen LogP contribution in [0, 0.1) is 0 Å². The van der Waals surface area contributed by atoms with Crippen molar-refractivity contribution in [3.8, 4) is 5.75 Å².